The molecule has 3 N–H and O–H groups in total. The van der Waals surface area contributed by atoms with Crippen LogP contribution in [0, 0.1) is 0 Å². The summed E-state index contributed by atoms with van der Waals surface area (Å²) in [6, 6.07) is 12.3. The summed E-state index contributed by atoms with van der Waals surface area (Å²) in [6.07, 6.45) is 0. The van der Waals surface area contributed by atoms with Crippen LogP contribution in [0.25, 0.3) is 0 Å². The van der Waals surface area contributed by atoms with Crippen LogP contribution in [0.15, 0.2) is 53.4 Å². The Kier molecular flexibility index (Phi) is 6.24. The van der Waals surface area contributed by atoms with Gasteiger partial charge in [0.1, 0.15) is 12.4 Å². The smallest absolute Gasteiger partial charge is 0.321 e. The van der Waals surface area contributed by atoms with E-state index in [1.165, 1.54) is 29.2 Å². The van der Waals surface area contributed by atoms with Gasteiger partial charge in [0.15, 0.2) is 0 Å². The lowest BCUT2D eigenvalue weighted by Crippen LogP contribution is -2.34. The molecule has 0 aliphatic heterocycles. The average Bonchev–Trinajstić information content (AvgIpc) is 2.56. The number of halogens is 1. The van der Waals surface area contributed by atoms with Gasteiger partial charge in [-0.25, -0.2) is 18.4 Å². The van der Waals surface area contributed by atoms with Crippen molar-refractivity contribution in [2.75, 3.05) is 25.5 Å². The lowest BCUT2D eigenvalue weighted by molar-refractivity contribution is 0.207. The average molecular weight is 384 g/mol. The number of ether oxygens (including phenoxy) is 1. The van der Waals surface area contributed by atoms with Gasteiger partial charge in [-0.2, -0.15) is 0 Å². The summed E-state index contributed by atoms with van der Waals surface area (Å²) in [5, 5.41) is 8.18. The van der Waals surface area contributed by atoms with Crippen molar-refractivity contribution in [1.29, 1.82) is 0 Å². The van der Waals surface area contributed by atoms with Gasteiger partial charge in [-0.1, -0.05) is 23.7 Å². The Morgan fingerprint density at radius 3 is 2.44 bits per heavy atom. The van der Waals surface area contributed by atoms with Gasteiger partial charge in [-0.3, -0.25) is 0 Å². The Morgan fingerprint density at radius 2 is 1.84 bits per heavy atom. The minimum Gasteiger partial charge on any atom is -0.490 e. The molecule has 0 spiro atoms. The van der Waals surface area contributed by atoms with Crippen LogP contribution in [0.1, 0.15) is 0 Å². The second kappa shape index (κ2) is 8.19. The molecule has 0 saturated carbocycles. The molecule has 25 heavy (non-hydrogen) atoms. The molecule has 0 radical (unpaired) electrons. The molecule has 0 unspecified atom stereocenters. The van der Waals surface area contributed by atoms with Crippen molar-refractivity contribution in [2.24, 2.45) is 5.14 Å². The van der Waals surface area contributed by atoms with Crippen LogP contribution in [-0.2, 0) is 10.0 Å². The molecule has 0 aromatic heterocycles. The number of amides is 2. The molecule has 2 aromatic rings. The van der Waals surface area contributed by atoms with E-state index in [0.29, 0.717) is 23.0 Å². The number of nitrogens with two attached hydrogens (primary N) is 1. The molecular formula is C16H18ClN3O4S. The van der Waals surface area contributed by atoms with Crippen molar-refractivity contribution >= 4 is 33.3 Å². The maximum absolute atomic E-state index is 12.1. The second-order valence-corrected chi connectivity index (χ2v) is 7.17. The van der Waals surface area contributed by atoms with Crippen LogP contribution >= 0.6 is 11.6 Å². The normalized spacial score (nSPS) is 11.0. The second-order valence-electron chi connectivity index (χ2n) is 5.20. The van der Waals surface area contributed by atoms with Crippen molar-refractivity contribution in [3.63, 3.8) is 0 Å². The molecule has 0 aliphatic rings. The van der Waals surface area contributed by atoms with Crippen LogP contribution in [0.5, 0.6) is 5.75 Å². The van der Waals surface area contributed by atoms with Gasteiger partial charge >= 0.3 is 6.03 Å². The van der Waals surface area contributed by atoms with E-state index in [9.17, 15) is 13.2 Å². The summed E-state index contributed by atoms with van der Waals surface area (Å²) in [7, 11) is -2.14. The number of hydrogen-bond acceptors (Lipinski definition) is 4. The van der Waals surface area contributed by atoms with Gasteiger partial charge in [0, 0.05) is 12.7 Å². The molecule has 0 bridgehead atoms. The Morgan fingerprint density at radius 1 is 1.20 bits per heavy atom. The first-order valence-electron chi connectivity index (χ1n) is 7.29. The standard InChI is InChI=1S/C16H18ClN3O4S/c1-20(10-11-24-15-5-3-2-4-14(15)17)16(21)19-12-6-8-13(9-7-12)25(18,22)23/h2-9H,10-11H2,1H3,(H,19,21)(H2,18,22,23). The number of carbonyl (C=O) groups is 1. The van der Waals surface area contributed by atoms with Gasteiger partial charge in [0.25, 0.3) is 0 Å². The van der Waals surface area contributed by atoms with E-state index in [4.69, 9.17) is 21.5 Å². The number of anilines is 1. The highest BCUT2D eigenvalue weighted by Crippen LogP contribution is 2.22. The number of hydrogen-bond donors (Lipinski definition) is 2. The third kappa shape index (κ3) is 5.63. The molecule has 0 heterocycles. The zero-order valence-electron chi connectivity index (χ0n) is 13.5. The molecule has 7 nitrogen and oxygen atoms in total. The summed E-state index contributed by atoms with van der Waals surface area (Å²) >= 11 is 5.98. The molecule has 0 aliphatic carbocycles. The Bertz CT molecular complexity index is 841. The van der Waals surface area contributed by atoms with Crippen molar-refractivity contribution in [3.05, 3.63) is 53.6 Å². The Hall–Kier alpha value is -2.29. The van der Waals surface area contributed by atoms with Crippen LogP contribution in [0.2, 0.25) is 5.02 Å². The largest absolute Gasteiger partial charge is 0.490 e. The molecule has 2 rings (SSSR count). The number of likely N-dealkylation sites (N-methyl/N-ethyl adjacent to an activating group) is 1. The van der Waals surface area contributed by atoms with Crippen molar-refractivity contribution < 1.29 is 17.9 Å². The Labute approximate surface area is 151 Å². The predicted octanol–water partition coefficient (Wildman–Crippen LogP) is 2.53. The van der Waals surface area contributed by atoms with E-state index >= 15 is 0 Å². The fourth-order valence-electron chi connectivity index (χ4n) is 1.90. The van der Waals surface area contributed by atoms with E-state index in [-0.39, 0.29) is 17.5 Å². The van der Waals surface area contributed by atoms with Gasteiger partial charge in [-0.15, -0.1) is 0 Å². The quantitative estimate of drug-likeness (QED) is 0.800. The fraction of sp³-hybridized carbons (Fsp3) is 0.188. The molecule has 0 saturated heterocycles. The number of benzene rings is 2. The zero-order valence-corrected chi connectivity index (χ0v) is 15.0. The molecular weight excluding hydrogens is 366 g/mol. The highest BCUT2D eigenvalue weighted by molar-refractivity contribution is 7.89. The Balaban J connectivity index is 1.85. The van der Waals surface area contributed by atoms with Crippen molar-refractivity contribution in [2.45, 2.75) is 4.90 Å². The topological polar surface area (TPSA) is 102 Å². The van der Waals surface area contributed by atoms with Gasteiger partial charge in [0.2, 0.25) is 10.0 Å². The molecule has 0 atom stereocenters. The third-order valence-corrected chi connectivity index (χ3v) is 4.54. The number of primary sulfonamides is 1. The SMILES string of the molecule is CN(CCOc1ccccc1Cl)C(=O)Nc1ccc(S(N)(=O)=O)cc1. The summed E-state index contributed by atoms with van der Waals surface area (Å²) in [6.45, 7) is 0.615. The van der Waals surface area contributed by atoms with Gasteiger partial charge in [0.05, 0.1) is 16.5 Å². The first kappa shape index (κ1) is 19.0. The number of para-hydroxylation sites is 1. The number of carbonyl (C=O) groups excluding carboxylic acids is 1. The van der Waals surface area contributed by atoms with Crippen molar-refractivity contribution in [3.8, 4) is 5.75 Å². The van der Waals surface area contributed by atoms with E-state index in [1.54, 1.807) is 25.2 Å². The zero-order chi connectivity index (χ0) is 18.4. The lowest BCUT2D eigenvalue weighted by Gasteiger charge is -2.18. The van der Waals surface area contributed by atoms with E-state index < -0.39 is 10.0 Å². The molecule has 2 amide bonds. The lowest BCUT2D eigenvalue weighted by atomic mass is 10.3. The van der Waals surface area contributed by atoms with Crippen LogP contribution < -0.4 is 15.2 Å². The summed E-state index contributed by atoms with van der Waals surface area (Å²) in [5.74, 6) is 0.552. The molecule has 134 valence electrons. The highest BCUT2D eigenvalue weighted by Gasteiger charge is 2.11. The molecule has 9 heteroatoms. The minimum absolute atomic E-state index is 0.0213. The summed E-state index contributed by atoms with van der Waals surface area (Å²) in [5.41, 5.74) is 0.455. The number of nitrogens with zero attached hydrogens (tertiary/aromatic N) is 1. The summed E-state index contributed by atoms with van der Waals surface area (Å²) < 4.78 is 27.9. The highest BCUT2D eigenvalue weighted by atomic mass is 35.5. The first-order valence-corrected chi connectivity index (χ1v) is 9.22. The predicted molar refractivity (Wildman–Crippen MR) is 96.4 cm³/mol. The van der Waals surface area contributed by atoms with E-state index in [1.807, 2.05) is 6.07 Å². The van der Waals surface area contributed by atoms with E-state index in [2.05, 4.69) is 5.32 Å². The maximum atomic E-state index is 12.1. The number of urea groups is 1. The minimum atomic E-state index is -3.76. The number of sulfonamides is 1. The first-order chi connectivity index (χ1) is 11.8. The number of nitrogens with one attached hydrogen (secondary N) is 1. The molecule has 0 fully saturated rings. The van der Waals surface area contributed by atoms with Crippen LogP contribution in [-0.4, -0.2) is 39.5 Å². The van der Waals surface area contributed by atoms with Gasteiger partial charge < -0.3 is 15.0 Å². The summed E-state index contributed by atoms with van der Waals surface area (Å²) in [4.78, 5) is 13.5. The van der Waals surface area contributed by atoms with Gasteiger partial charge in [-0.05, 0) is 36.4 Å². The molecule has 2 aromatic carbocycles. The fourth-order valence-corrected chi connectivity index (χ4v) is 2.61. The van der Waals surface area contributed by atoms with E-state index in [0.717, 1.165) is 0 Å². The van der Waals surface area contributed by atoms with Crippen LogP contribution in [0.3, 0.4) is 0 Å². The maximum Gasteiger partial charge on any atom is 0.321 e. The third-order valence-electron chi connectivity index (χ3n) is 3.30. The van der Waals surface area contributed by atoms with Crippen LogP contribution in [0.4, 0.5) is 10.5 Å². The van der Waals surface area contributed by atoms with Crippen molar-refractivity contribution in [1.82, 2.24) is 4.90 Å². The number of rotatable bonds is 6. The monoisotopic (exact) mass is 383 g/mol.